The van der Waals surface area contributed by atoms with Gasteiger partial charge in [0.1, 0.15) is 11.5 Å². The number of hydrogen-bond donors (Lipinski definition) is 0. The van der Waals surface area contributed by atoms with Crippen molar-refractivity contribution in [1.29, 1.82) is 0 Å². The second-order valence-electron chi connectivity index (χ2n) is 3.02. The molecule has 0 bridgehead atoms. The predicted molar refractivity (Wildman–Crippen MR) is 58.1 cm³/mol. The first-order valence-electron chi connectivity index (χ1n) is 4.25. The minimum Gasteiger partial charge on any atom is -0.238 e. The highest BCUT2D eigenvalue weighted by atomic mass is 35.5. The van der Waals surface area contributed by atoms with Crippen molar-refractivity contribution in [1.82, 2.24) is 9.78 Å². The van der Waals surface area contributed by atoms with Crippen molar-refractivity contribution in [2.24, 2.45) is 0 Å². The van der Waals surface area contributed by atoms with E-state index in [1.807, 2.05) is 0 Å². The molecule has 0 spiro atoms. The Labute approximate surface area is 96.2 Å². The molecule has 0 aliphatic carbocycles. The summed E-state index contributed by atoms with van der Waals surface area (Å²) in [6.07, 6.45) is 3.28. The molecule has 2 aromatic rings. The van der Waals surface area contributed by atoms with Gasteiger partial charge in [0.15, 0.2) is 0 Å². The number of halogens is 3. The molecule has 5 heteroatoms. The van der Waals surface area contributed by atoms with Crippen LogP contribution in [0.2, 0.25) is 5.02 Å². The van der Waals surface area contributed by atoms with E-state index in [1.54, 1.807) is 24.5 Å². The molecule has 0 aliphatic heterocycles. The molecule has 0 N–H and O–H groups in total. The average molecular weight is 245 g/mol. The molecule has 0 unspecified atom stereocenters. The Morgan fingerprint density at radius 3 is 2.80 bits per heavy atom. The first-order chi connectivity index (χ1) is 7.20. The second kappa shape index (κ2) is 4.21. The first-order valence-corrected chi connectivity index (χ1v) is 5.17. The summed E-state index contributed by atoms with van der Waals surface area (Å²) in [5, 5.41) is 4.36. The van der Waals surface area contributed by atoms with Crippen molar-refractivity contribution < 1.29 is 4.39 Å². The molecule has 78 valence electrons. The van der Waals surface area contributed by atoms with Crippen molar-refractivity contribution in [3.63, 3.8) is 0 Å². The normalized spacial score (nSPS) is 10.6. The zero-order valence-electron chi connectivity index (χ0n) is 7.62. The Morgan fingerprint density at radius 1 is 1.40 bits per heavy atom. The van der Waals surface area contributed by atoms with E-state index in [0.29, 0.717) is 16.6 Å². The van der Waals surface area contributed by atoms with Crippen molar-refractivity contribution in [3.05, 3.63) is 47.0 Å². The number of alkyl halides is 1. The maximum Gasteiger partial charge on any atom is 0.150 e. The van der Waals surface area contributed by atoms with E-state index in [0.717, 1.165) is 5.56 Å². The van der Waals surface area contributed by atoms with E-state index >= 15 is 0 Å². The molecule has 0 radical (unpaired) electrons. The van der Waals surface area contributed by atoms with Gasteiger partial charge in [-0.25, -0.2) is 9.07 Å². The summed E-state index contributed by atoms with van der Waals surface area (Å²) >= 11 is 11.3. The third-order valence-corrected chi connectivity index (χ3v) is 2.49. The van der Waals surface area contributed by atoms with Gasteiger partial charge in [-0.1, -0.05) is 11.6 Å². The van der Waals surface area contributed by atoms with Crippen LogP contribution in [-0.2, 0) is 5.88 Å². The maximum absolute atomic E-state index is 13.5. The van der Waals surface area contributed by atoms with E-state index in [-0.39, 0.29) is 0 Å². The number of hydrogen-bond acceptors (Lipinski definition) is 1. The summed E-state index contributed by atoms with van der Waals surface area (Å²) in [4.78, 5) is 0. The van der Waals surface area contributed by atoms with Gasteiger partial charge in [0, 0.05) is 16.8 Å². The van der Waals surface area contributed by atoms with Gasteiger partial charge in [-0.3, -0.25) is 0 Å². The van der Waals surface area contributed by atoms with Crippen LogP contribution in [0.4, 0.5) is 4.39 Å². The molecular weight excluding hydrogens is 238 g/mol. The zero-order chi connectivity index (χ0) is 10.8. The van der Waals surface area contributed by atoms with Crippen LogP contribution in [0, 0.1) is 5.82 Å². The Balaban J connectivity index is 2.44. The van der Waals surface area contributed by atoms with Crippen LogP contribution in [0.25, 0.3) is 5.69 Å². The summed E-state index contributed by atoms with van der Waals surface area (Å²) < 4.78 is 14.9. The van der Waals surface area contributed by atoms with Gasteiger partial charge in [-0.2, -0.15) is 5.10 Å². The van der Waals surface area contributed by atoms with E-state index in [1.165, 1.54) is 10.7 Å². The van der Waals surface area contributed by atoms with E-state index in [4.69, 9.17) is 23.2 Å². The minimum absolute atomic E-state index is 0.356. The Morgan fingerprint density at radius 2 is 2.20 bits per heavy atom. The number of aromatic nitrogens is 2. The number of rotatable bonds is 2. The molecule has 0 saturated carbocycles. The van der Waals surface area contributed by atoms with Crippen molar-refractivity contribution in [3.8, 4) is 5.69 Å². The van der Waals surface area contributed by atoms with Crippen LogP contribution in [0.3, 0.4) is 0 Å². The summed E-state index contributed by atoms with van der Waals surface area (Å²) in [5.41, 5.74) is 1.20. The summed E-state index contributed by atoms with van der Waals surface area (Å²) in [7, 11) is 0. The lowest BCUT2D eigenvalue weighted by atomic mass is 10.3. The van der Waals surface area contributed by atoms with E-state index < -0.39 is 5.82 Å². The SMILES string of the molecule is Fc1cc(Cl)ccc1-n1cc(CCl)cn1. The van der Waals surface area contributed by atoms with Crippen LogP contribution in [-0.4, -0.2) is 9.78 Å². The fourth-order valence-corrected chi connectivity index (χ4v) is 1.52. The summed E-state index contributed by atoms with van der Waals surface area (Å²) in [6, 6.07) is 4.43. The molecule has 2 rings (SSSR count). The topological polar surface area (TPSA) is 17.8 Å². The lowest BCUT2D eigenvalue weighted by molar-refractivity contribution is 0.611. The monoisotopic (exact) mass is 244 g/mol. The molecule has 15 heavy (non-hydrogen) atoms. The molecule has 0 atom stereocenters. The zero-order valence-corrected chi connectivity index (χ0v) is 9.13. The Kier molecular flexibility index (Phi) is 2.93. The highest BCUT2D eigenvalue weighted by molar-refractivity contribution is 6.30. The van der Waals surface area contributed by atoms with Gasteiger partial charge in [-0.15, -0.1) is 11.6 Å². The van der Waals surface area contributed by atoms with Crippen LogP contribution >= 0.6 is 23.2 Å². The molecule has 0 fully saturated rings. The third kappa shape index (κ3) is 2.13. The summed E-state index contributed by atoms with van der Waals surface area (Å²) in [6.45, 7) is 0. The molecule has 0 aliphatic rings. The van der Waals surface area contributed by atoms with Gasteiger partial charge in [-0.05, 0) is 18.2 Å². The van der Waals surface area contributed by atoms with Crippen LogP contribution < -0.4 is 0 Å². The van der Waals surface area contributed by atoms with Gasteiger partial charge in [0.05, 0.1) is 12.1 Å². The Hall–Kier alpha value is -1.06. The highest BCUT2D eigenvalue weighted by Crippen LogP contribution is 2.18. The number of benzene rings is 1. The quantitative estimate of drug-likeness (QED) is 0.741. The lowest BCUT2D eigenvalue weighted by Crippen LogP contribution is -1.97. The molecule has 1 heterocycles. The predicted octanol–water partition coefficient (Wildman–Crippen LogP) is 3.40. The largest absolute Gasteiger partial charge is 0.238 e. The molecule has 0 amide bonds. The molecule has 2 nitrogen and oxygen atoms in total. The van der Waals surface area contributed by atoms with E-state index in [9.17, 15) is 4.39 Å². The average Bonchev–Trinajstić information content (AvgIpc) is 2.66. The first kappa shape index (κ1) is 10.5. The van der Waals surface area contributed by atoms with E-state index in [2.05, 4.69) is 5.10 Å². The standard InChI is InChI=1S/C10H7Cl2FN2/c11-4-7-5-14-15(6-7)10-2-1-8(12)3-9(10)13/h1-3,5-6H,4H2. The fraction of sp³-hybridized carbons (Fsp3) is 0.100. The fourth-order valence-electron chi connectivity index (χ4n) is 1.23. The maximum atomic E-state index is 13.5. The van der Waals surface area contributed by atoms with Gasteiger partial charge < -0.3 is 0 Å². The van der Waals surface area contributed by atoms with Crippen molar-refractivity contribution >= 4 is 23.2 Å². The molecule has 1 aromatic carbocycles. The van der Waals surface area contributed by atoms with Crippen LogP contribution in [0.15, 0.2) is 30.6 Å². The number of nitrogens with zero attached hydrogens (tertiary/aromatic N) is 2. The Bertz CT molecular complexity index is 482. The van der Waals surface area contributed by atoms with Crippen LogP contribution in [0.5, 0.6) is 0 Å². The minimum atomic E-state index is -0.410. The van der Waals surface area contributed by atoms with Crippen molar-refractivity contribution in [2.75, 3.05) is 0 Å². The highest BCUT2D eigenvalue weighted by Gasteiger charge is 2.06. The van der Waals surface area contributed by atoms with Gasteiger partial charge in [0.2, 0.25) is 0 Å². The third-order valence-electron chi connectivity index (χ3n) is 1.95. The smallest absolute Gasteiger partial charge is 0.150 e. The van der Waals surface area contributed by atoms with Crippen LogP contribution in [0.1, 0.15) is 5.56 Å². The second-order valence-corrected chi connectivity index (χ2v) is 3.73. The van der Waals surface area contributed by atoms with Gasteiger partial charge in [0.25, 0.3) is 0 Å². The van der Waals surface area contributed by atoms with Crippen molar-refractivity contribution in [2.45, 2.75) is 5.88 Å². The molecular formula is C10H7Cl2FN2. The molecule has 1 aromatic heterocycles. The molecule has 0 saturated heterocycles. The summed E-state index contributed by atoms with van der Waals surface area (Å²) in [5.74, 6) is -0.0541. The van der Waals surface area contributed by atoms with Gasteiger partial charge >= 0.3 is 0 Å². The lowest BCUT2D eigenvalue weighted by Gasteiger charge is -2.02.